The van der Waals surface area contributed by atoms with Gasteiger partial charge in [0.25, 0.3) is 0 Å². The number of amides is 1. The Hall–Kier alpha value is -1.18. The van der Waals surface area contributed by atoms with Crippen LogP contribution in [0, 0.1) is 0 Å². The molecule has 7 heteroatoms. The highest BCUT2D eigenvalue weighted by Gasteiger charge is 2.24. The molecular weight excluding hydrogens is 290 g/mol. The molecule has 1 saturated heterocycles. The summed E-state index contributed by atoms with van der Waals surface area (Å²) in [6.45, 7) is 7.33. The zero-order valence-corrected chi connectivity index (χ0v) is 13.8. The number of hydrogen-bond acceptors (Lipinski definition) is 6. The van der Waals surface area contributed by atoms with Gasteiger partial charge in [0.2, 0.25) is 0 Å². The molecule has 2 heterocycles. The number of nitrogens with zero attached hydrogens (tertiary/aromatic N) is 2. The molecule has 0 spiro atoms. The van der Waals surface area contributed by atoms with Crippen molar-refractivity contribution in [1.29, 1.82) is 0 Å². The molecule has 1 aliphatic heterocycles. The monoisotopic (exact) mass is 313 g/mol. The van der Waals surface area contributed by atoms with Crippen molar-refractivity contribution in [2.24, 2.45) is 0 Å². The lowest BCUT2D eigenvalue weighted by Gasteiger charge is -2.21. The fourth-order valence-electron chi connectivity index (χ4n) is 2.27. The van der Waals surface area contributed by atoms with E-state index in [1.807, 2.05) is 20.8 Å². The summed E-state index contributed by atoms with van der Waals surface area (Å²) in [5.41, 5.74) is -0.509. The van der Waals surface area contributed by atoms with Crippen LogP contribution >= 0.6 is 11.3 Å². The molecule has 0 aliphatic carbocycles. The van der Waals surface area contributed by atoms with E-state index < -0.39 is 11.7 Å². The Morgan fingerprint density at radius 3 is 3.00 bits per heavy atom. The van der Waals surface area contributed by atoms with Gasteiger partial charge in [0.1, 0.15) is 11.8 Å². The van der Waals surface area contributed by atoms with Crippen molar-refractivity contribution in [3.05, 3.63) is 11.1 Å². The summed E-state index contributed by atoms with van der Waals surface area (Å²) in [5.74, 6) is 0. The molecule has 118 valence electrons. The molecule has 1 aliphatic rings. The summed E-state index contributed by atoms with van der Waals surface area (Å²) in [6, 6.07) is 0. The first-order valence-corrected chi connectivity index (χ1v) is 7.90. The zero-order chi connectivity index (χ0) is 15.5. The summed E-state index contributed by atoms with van der Waals surface area (Å²) in [6.07, 6.45) is 3.73. The van der Waals surface area contributed by atoms with E-state index in [2.05, 4.69) is 15.2 Å². The zero-order valence-electron chi connectivity index (χ0n) is 13.0. The number of hydrogen-bond donors (Lipinski definition) is 1. The third-order valence-corrected chi connectivity index (χ3v) is 3.99. The Balaban J connectivity index is 1.88. The molecule has 0 unspecified atom stereocenters. The number of carbonyl (C=O) groups is 1. The molecule has 1 N–H and O–H groups in total. The minimum atomic E-state index is -0.509. The van der Waals surface area contributed by atoms with E-state index >= 15 is 0 Å². The Labute approximate surface area is 129 Å². The second kappa shape index (κ2) is 6.72. The van der Waals surface area contributed by atoms with Crippen LogP contribution in [0.1, 0.15) is 38.5 Å². The lowest BCUT2D eigenvalue weighted by Crippen LogP contribution is -2.29. The lowest BCUT2D eigenvalue weighted by molar-refractivity contribution is -0.00768. The summed E-state index contributed by atoms with van der Waals surface area (Å²) in [5, 5.41) is 3.23. The number of likely N-dealkylation sites (tertiary alicyclic amines) is 1. The maximum Gasteiger partial charge on any atom is 0.413 e. The third-order valence-electron chi connectivity index (χ3n) is 3.10. The molecule has 6 nitrogen and oxygen atoms in total. The average molecular weight is 313 g/mol. The second-order valence-electron chi connectivity index (χ2n) is 6.06. The molecule has 0 aromatic carbocycles. The molecule has 0 saturated carbocycles. The Morgan fingerprint density at radius 2 is 2.33 bits per heavy atom. The number of carbonyl (C=O) groups excluding carboxylic acids is 1. The van der Waals surface area contributed by atoms with Crippen LogP contribution in [0.5, 0.6) is 0 Å². The van der Waals surface area contributed by atoms with Gasteiger partial charge in [-0.25, -0.2) is 9.78 Å². The minimum absolute atomic E-state index is 0.189. The summed E-state index contributed by atoms with van der Waals surface area (Å²) in [7, 11) is 1.74. The molecule has 0 radical (unpaired) electrons. The maximum absolute atomic E-state index is 11.7. The van der Waals surface area contributed by atoms with Crippen molar-refractivity contribution in [2.45, 2.75) is 52.0 Å². The van der Waals surface area contributed by atoms with Crippen molar-refractivity contribution in [2.75, 3.05) is 19.0 Å². The first kappa shape index (κ1) is 16.2. The Bertz CT molecular complexity index is 484. The molecule has 1 aromatic heterocycles. The Morgan fingerprint density at radius 1 is 1.57 bits per heavy atom. The van der Waals surface area contributed by atoms with Gasteiger partial charge in [-0.15, -0.1) is 11.3 Å². The predicted octanol–water partition coefficient (Wildman–Crippen LogP) is 3.06. The van der Waals surface area contributed by atoms with Crippen LogP contribution in [0.15, 0.2) is 6.20 Å². The first-order valence-electron chi connectivity index (χ1n) is 7.09. The average Bonchev–Trinajstić information content (AvgIpc) is 2.96. The lowest BCUT2D eigenvalue weighted by atomic mass is 10.2. The number of aromatic nitrogens is 1. The van der Waals surface area contributed by atoms with Crippen molar-refractivity contribution in [3.8, 4) is 0 Å². The first-order chi connectivity index (χ1) is 9.87. The summed E-state index contributed by atoms with van der Waals surface area (Å²) in [4.78, 5) is 19.3. The van der Waals surface area contributed by atoms with E-state index in [0.29, 0.717) is 5.13 Å². The van der Waals surface area contributed by atoms with E-state index in [1.54, 1.807) is 13.3 Å². The van der Waals surface area contributed by atoms with Gasteiger partial charge in [-0.05, 0) is 33.6 Å². The van der Waals surface area contributed by atoms with Gasteiger partial charge >= 0.3 is 6.09 Å². The van der Waals surface area contributed by atoms with E-state index in [4.69, 9.17) is 9.47 Å². The molecule has 1 atom stereocenters. The maximum atomic E-state index is 11.7. The van der Waals surface area contributed by atoms with Crippen molar-refractivity contribution < 1.29 is 14.3 Å². The topological polar surface area (TPSA) is 63.7 Å². The van der Waals surface area contributed by atoms with Gasteiger partial charge in [0.05, 0.1) is 0 Å². The van der Waals surface area contributed by atoms with E-state index in [0.717, 1.165) is 30.8 Å². The highest BCUT2D eigenvalue weighted by Crippen LogP contribution is 2.25. The number of anilines is 1. The van der Waals surface area contributed by atoms with Gasteiger partial charge in [-0.2, -0.15) is 0 Å². The van der Waals surface area contributed by atoms with Crippen LogP contribution in [0.4, 0.5) is 9.93 Å². The second-order valence-corrected chi connectivity index (χ2v) is 7.18. The summed E-state index contributed by atoms with van der Waals surface area (Å²) >= 11 is 1.47. The highest BCUT2D eigenvalue weighted by molar-refractivity contribution is 7.15. The smallest absolute Gasteiger partial charge is 0.413 e. The fraction of sp³-hybridized carbons (Fsp3) is 0.714. The highest BCUT2D eigenvalue weighted by atomic mass is 32.1. The van der Waals surface area contributed by atoms with Crippen LogP contribution < -0.4 is 5.32 Å². The number of methoxy groups -OCH3 is 1. The molecule has 1 amide bonds. The van der Waals surface area contributed by atoms with Crippen LogP contribution in [-0.4, -0.2) is 41.5 Å². The summed E-state index contributed by atoms with van der Waals surface area (Å²) < 4.78 is 10.6. The van der Waals surface area contributed by atoms with Crippen LogP contribution in [0.3, 0.4) is 0 Å². The van der Waals surface area contributed by atoms with E-state index in [9.17, 15) is 4.79 Å². The molecule has 0 bridgehead atoms. The van der Waals surface area contributed by atoms with Crippen LogP contribution in [0.2, 0.25) is 0 Å². The van der Waals surface area contributed by atoms with Crippen molar-refractivity contribution in [1.82, 2.24) is 9.88 Å². The number of ether oxygens (including phenoxy) is 2. The number of rotatable bonds is 4. The number of nitrogens with one attached hydrogen (secondary N) is 1. The molecule has 2 rings (SSSR count). The normalized spacial score (nSPS) is 19.7. The van der Waals surface area contributed by atoms with Gasteiger partial charge in [0, 0.05) is 31.3 Å². The quantitative estimate of drug-likeness (QED) is 0.925. The molecular formula is C14H23N3O3S. The van der Waals surface area contributed by atoms with Crippen molar-refractivity contribution in [3.63, 3.8) is 0 Å². The van der Waals surface area contributed by atoms with Gasteiger partial charge in [0.15, 0.2) is 5.13 Å². The minimum Gasteiger partial charge on any atom is -0.444 e. The fourth-order valence-corrected chi connectivity index (χ4v) is 3.10. The molecule has 21 heavy (non-hydrogen) atoms. The van der Waals surface area contributed by atoms with Gasteiger partial charge in [-0.1, -0.05) is 0 Å². The largest absolute Gasteiger partial charge is 0.444 e. The van der Waals surface area contributed by atoms with Crippen molar-refractivity contribution >= 4 is 22.6 Å². The molecule has 1 aromatic rings. The van der Waals surface area contributed by atoms with Crippen LogP contribution in [-0.2, 0) is 16.0 Å². The SMILES string of the molecule is CO[C@@H]1CCCN1Cc1cnc(NC(=O)OC(C)(C)C)s1. The third kappa shape index (κ3) is 4.94. The van der Waals surface area contributed by atoms with E-state index in [-0.39, 0.29) is 6.23 Å². The van der Waals surface area contributed by atoms with E-state index in [1.165, 1.54) is 11.3 Å². The predicted molar refractivity (Wildman–Crippen MR) is 82.4 cm³/mol. The number of thiazole rings is 1. The van der Waals surface area contributed by atoms with Gasteiger partial charge in [-0.3, -0.25) is 10.2 Å². The standard InChI is InChI=1S/C14H23N3O3S/c1-14(2,3)20-13(18)16-12-15-8-10(21-12)9-17-7-5-6-11(17)19-4/h8,11H,5-7,9H2,1-4H3,(H,15,16,18)/t11-/m1/s1. The van der Waals surface area contributed by atoms with Gasteiger partial charge < -0.3 is 9.47 Å². The van der Waals surface area contributed by atoms with Crippen LogP contribution in [0.25, 0.3) is 0 Å². The Kier molecular flexibility index (Phi) is 5.18. The molecule has 1 fully saturated rings.